The topological polar surface area (TPSA) is 32.3 Å². The Hall–Kier alpha value is -1.92. The minimum Gasteiger partial charge on any atom is -0.307 e. The van der Waals surface area contributed by atoms with Crippen LogP contribution in [0.25, 0.3) is 0 Å². The highest BCUT2D eigenvalue weighted by Crippen LogP contribution is 2.52. The largest absolute Gasteiger partial charge is 0.323 e. The van der Waals surface area contributed by atoms with Crippen LogP contribution in [-0.4, -0.2) is 18.0 Å². The summed E-state index contributed by atoms with van der Waals surface area (Å²) in [5.74, 6) is 6.54. The molecule has 2 amide bonds. The van der Waals surface area contributed by atoms with E-state index in [9.17, 15) is 4.79 Å². The van der Waals surface area contributed by atoms with Gasteiger partial charge in [-0.3, -0.25) is 0 Å². The van der Waals surface area contributed by atoms with E-state index in [0.717, 1.165) is 24.1 Å². The van der Waals surface area contributed by atoms with Gasteiger partial charge in [0.2, 0.25) is 0 Å². The minimum absolute atomic E-state index is 0.134. The Balaban J connectivity index is 2.27. The monoisotopic (exact) mass is 286 g/mol. The van der Waals surface area contributed by atoms with E-state index in [0.29, 0.717) is 10.9 Å². The smallest absolute Gasteiger partial charge is 0.307 e. The quantitative estimate of drug-likeness (QED) is 0.786. The fourth-order valence-corrected chi connectivity index (χ4v) is 3.06. The predicted octanol–water partition coefficient (Wildman–Crippen LogP) is 3.61. The molecule has 1 saturated carbocycles. The molecule has 0 radical (unpaired) electrons. The van der Waals surface area contributed by atoms with Gasteiger partial charge in [0.1, 0.15) is 5.54 Å². The number of carbonyl (C=O) groups is 1. The molecule has 1 aromatic carbocycles. The van der Waals surface area contributed by atoms with Crippen molar-refractivity contribution < 1.29 is 4.79 Å². The fourth-order valence-electron chi connectivity index (χ4n) is 2.89. The summed E-state index contributed by atoms with van der Waals surface area (Å²) in [5.41, 5.74) is 1.17. The number of hydrogen-bond acceptors (Lipinski definition) is 1. The number of rotatable bonds is 1. The van der Waals surface area contributed by atoms with Crippen LogP contribution in [0.1, 0.15) is 18.4 Å². The molecular weight excluding hydrogens is 272 g/mol. The molecule has 0 aromatic heterocycles. The van der Waals surface area contributed by atoms with E-state index in [1.165, 1.54) is 0 Å². The number of anilines is 1. The molecule has 1 aromatic rings. The lowest BCUT2D eigenvalue weighted by Crippen LogP contribution is -2.53. The number of urea groups is 1. The van der Waals surface area contributed by atoms with Gasteiger partial charge in [0.25, 0.3) is 0 Å². The Morgan fingerprint density at radius 2 is 2.30 bits per heavy atom. The summed E-state index contributed by atoms with van der Waals surface area (Å²) in [5, 5.41) is 3.54. The van der Waals surface area contributed by atoms with Crippen molar-refractivity contribution >= 4 is 23.3 Å². The molecule has 1 aliphatic heterocycles. The summed E-state index contributed by atoms with van der Waals surface area (Å²) in [4.78, 5) is 13.9. The van der Waals surface area contributed by atoms with Gasteiger partial charge in [-0.15, -0.1) is 0 Å². The van der Waals surface area contributed by atoms with Gasteiger partial charge >= 0.3 is 6.03 Å². The average molecular weight is 287 g/mol. The third-order valence-corrected chi connectivity index (χ3v) is 4.24. The molecule has 0 bridgehead atoms. The molecular formula is C16H15ClN2O. The molecule has 0 saturated heterocycles. The van der Waals surface area contributed by atoms with Crippen LogP contribution >= 0.6 is 11.6 Å². The van der Waals surface area contributed by atoms with Crippen LogP contribution in [0.5, 0.6) is 0 Å². The van der Waals surface area contributed by atoms with Crippen LogP contribution in [0, 0.1) is 17.8 Å². The lowest BCUT2D eigenvalue weighted by Gasteiger charge is -2.43. The lowest BCUT2D eigenvalue weighted by atomic mass is 9.81. The number of benzene rings is 1. The molecule has 1 fully saturated rings. The second kappa shape index (κ2) is 4.57. The summed E-state index contributed by atoms with van der Waals surface area (Å²) in [7, 11) is 1.79. The number of allylic oxidation sites excluding steroid dienone is 1. The molecule has 4 heteroatoms. The van der Waals surface area contributed by atoms with Gasteiger partial charge in [-0.1, -0.05) is 30.0 Å². The molecule has 2 aliphatic rings. The molecule has 3 nitrogen and oxygen atoms in total. The summed E-state index contributed by atoms with van der Waals surface area (Å²) < 4.78 is 0. The minimum atomic E-state index is -0.600. The maximum atomic E-state index is 12.2. The first-order valence-corrected chi connectivity index (χ1v) is 6.96. The van der Waals surface area contributed by atoms with Gasteiger partial charge < -0.3 is 10.2 Å². The molecule has 0 spiro atoms. The van der Waals surface area contributed by atoms with Crippen LogP contribution in [0.15, 0.2) is 30.9 Å². The molecule has 1 heterocycles. The van der Waals surface area contributed by atoms with Crippen molar-refractivity contribution in [1.82, 2.24) is 4.90 Å². The third kappa shape index (κ3) is 1.80. The molecule has 102 valence electrons. The standard InChI is InChI=1S/C16H15ClN2O/c1-3-4-9-16(11-5-6-11)13-10-12(17)7-8-14(13)18-15(20)19(16)2/h3,7-8,10-11H,1,5-6H2,2H3,(H,18,20). The Kier molecular flexibility index (Phi) is 2.99. The van der Waals surface area contributed by atoms with Crippen molar-refractivity contribution in [2.75, 3.05) is 12.4 Å². The van der Waals surface area contributed by atoms with E-state index < -0.39 is 5.54 Å². The van der Waals surface area contributed by atoms with Crippen LogP contribution in [0.4, 0.5) is 10.5 Å². The molecule has 1 N–H and O–H groups in total. The maximum absolute atomic E-state index is 12.2. The molecule has 1 aliphatic carbocycles. The van der Waals surface area contributed by atoms with Crippen molar-refractivity contribution in [2.45, 2.75) is 18.4 Å². The third-order valence-electron chi connectivity index (χ3n) is 4.00. The lowest BCUT2D eigenvalue weighted by molar-refractivity contribution is 0.161. The summed E-state index contributed by atoms with van der Waals surface area (Å²) in [6.45, 7) is 3.65. The van der Waals surface area contributed by atoms with E-state index >= 15 is 0 Å². The summed E-state index contributed by atoms with van der Waals surface area (Å²) >= 11 is 6.15. The molecule has 20 heavy (non-hydrogen) atoms. The van der Waals surface area contributed by atoms with Crippen molar-refractivity contribution in [2.24, 2.45) is 5.92 Å². The van der Waals surface area contributed by atoms with Crippen LogP contribution in [0.2, 0.25) is 5.02 Å². The number of carbonyl (C=O) groups excluding carboxylic acids is 1. The Labute approximate surface area is 123 Å². The zero-order chi connectivity index (χ0) is 14.3. The van der Waals surface area contributed by atoms with E-state index in [1.54, 1.807) is 24.1 Å². The van der Waals surface area contributed by atoms with Gasteiger partial charge in [-0.2, -0.15) is 0 Å². The molecule has 3 rings (SSSR count). The predicted molar refractivity (Wildman–Crippen MR) is 80.6 cm³/mol. The Morgan fingerprint density at radius 3 is 2.95 bits per heavy atom. The van der Waals surface area contributed by atoms with E-state index in [2.05, 4.69) is 23.7 Å². The van der Waals surface area contributed by atoms with Gasteiger partial charge in [-0.25, -0.2) is 4.79 Å². The molecule has 1 atom stereocenters. The first-order chi connectivity index (χ1) is 9.59. The van der Waals surface area contributed by atoms with E-state index in [1.807, 2.05) is 12.1 Å². The number of nitrogens with one attached hydrogen (secondary N) is 1. The second-order valence-corrected chi connectivity index (χ2v) is 5.63. The average Bonchev–Trinajstić information content (AvgIpc) is 3.26. The van der Waals surface area contributed by atoms with Crippen molar-refractivity contribution in [3.8, 4) is 11.8 Å². The van der Waals surface area contributed by atoms with Gasteiger partial charge in [0, 0.05) is 23.3 Å². The first kappa shape index (κ1) is 13.1. The van der Waals surface area contributed by atoms with Crippen LogP contribution in [-0.2, 0) is 5.54 Å². The van der Waals surface area contributed by atoms with Gasteiger partial charge in [-0.05, 0) is 43.0 Å². The number of fused-ring (bicyclic) bond motifs is 1. The van der Waals surface area contributed by atoms with Gasteiger partial charge in [0.15, 0.2) is 0 Å². The first-order valence-electron chi connectivity index (χ1n) is 6.58. The summed E-state index contributed by atoms with van der Waals surface area (Å²) in [6.07, 6.45) is 3.69. The maximum Gasteiger partial charge on any atom is 0.323 e. The van der Waals surface area contributed by atoms with Crippen molar-refractivity contribution in [1.29, 1.82) is 0 Å². The highest BCUT2D eigenvalue weighted by Gasteiger charge is 2.53. The number of nitrogens with zero attached hydrogens (tertiary/aromatic N) is 1. The molecule has 1 unspecified atom stereocenters. The highest BCUT2D eigenvalue weighted by molar-refractivity contribution is 6.30. The fraction of sp³-hybridized carbons (Fsp3) is 0.312. The van der Waals surface area contributed by atoms with Crippen LogP contribution in [0.3, 0.4) is 0 Å². The van der Waals surface area contributed by atoms with Crippen LogP contribution < -0.4 is 5.32 Å². The number of amides is 2. The van der Waals surface area contributed by atoms with E-state index in [-0.39, 0.29) is 6.03 Å². The highest BCUT2D eigenvalue weighted by atomic mass is 35.5. The second-order valence-electron chi connectivity index (χ2n) is 5.19. The van der Waals surface area contributed by atoms with Crippen molar-refractivity contribution in [3.05, 3.63) is 41.4 Å². The van der Waals surface area contributed by atoms with E-state index in [4.69, 9.17) is 11.6 Å². The van der Waals surface area contributed by atoms with Crippen molar-refractivity contribution in [3.63, 3.8) is 0 Å². The number of hydrogen-bond donors (Lipinski definition) is 1. The normalized spacial score (nSPS) is 24.3. The zero-order valence-electron chi connectivity index (χ0n) is 11.2. The summed E-state index contributed by atoms with van der Waals surface area (Å²) in [6, 6.07) is 5.40. The zero-order valence-corrected chi connectivity index (χ0v) is 12.0. The SMILES string of the molecule is C=CC#CC1(C2CC2)c2cc(Cl)ccc2NC(=O)N1C. The Bertz CT molecular complexity index is 654. The Morgan fingerprint density at radius 1 is 1.55 bits per heavy atom. The van der Waals surface area contributed by atoms with Gasteiger partial charge in [0.05, 0.1) is 0 Å². The number of halogens is 1.